The van der Waals surface area contributed by atoms with Gasteiger partial charge in [-0.25, -0.2) is 0 Å². The molecule has 0 amide bonds. The number of hydrogen-bond donors (Lipinski definition) is 0. The minimum atomic E-state index is 0.975. The van der Waals surface area contributed by atoms with Gasteiger partial charge in [0.25, 0.3) is 0 Å². The third-order valence-corrected chi connectivity index (χ3v) is 5.64. The molecule has 2 nitrogen and oxygen atoms in total. The summed E-state index contributed by atoms with van der Waals surface area (Å²) in [6.07, 6.45) is 7.93. The van der Waals surface area contributed by atoms with E-state index >= 15 is 0 Å². The molecule has 162 valence electrons. The van der Waals surface area contributed by atoms with Gasteiger partial charge in [-0.1, -0.05) is 78.9 Å². The highest BCUT2D eigenvalue weighted by molar-refractivity contribution is 5.91. The lowest BCUT2D eigenvalue weighted by Crippen LogP contribution is -1.93. The van der Waals surface area contributed by atoms with E-state index in [4.69, 9.17) is 0 Å². The molecule has 1 heterocycles. The molecule has 3 aromatic carbocycles. The molecule has 0 atom stereocenters. The van der Waals surface area contributed by atoms with Crippen LogP contribution in [-0.2, 0) is 0 Å². The Balaban J connectivity index is 1.92. The minimum Gasteiger partial charge on any atom is -0.297 e. The van der Waals surface area contributed by atoms with Crippen LogP contribution in [0.2, 0.25) is 0 Å². The zero-order valence-electron chi connectivity index (χ0n) is 19.4. The van der Waals surface area contributed by atoms with Crippen LogP contribution < -0.4 is 0 Å². The zero-order valence-corrected chi connectivity index (χ0v) is 19.4. The second-order valence-electron chi connectivity index (χ2n) is 8.03. The molecular weight excluding hydrogens is 400 g/mol. The third kappa shape index (κ3) is 5.24. The summed E-state index contributed by atoms with van der Waals surface area (Å²) in [5, 5.41) is 0. The largest absolute Gasteiger partial charge is 0.297 e. The van der Waals surface area contributed by atoms with Crippen molar-refractivity contribution in [3.8, 4) is 33.5 Å². The summed E-state index contributed by atoms with van der Waals surface area (Å²) in [6.45, 7) is 4.28. The molecule has 0 saturated carbocycles. The Kier molecular flexibility index (Phi) is 7.06. The molecule has 0 bridgehead atoms. The van der Waals surface area contributed by atoms with E-state index in [2.05, 4.69) is 109 Å². The quantitative estimate of drug-likeness (QED) is 0.225. The SMILES string of the molecule is CN=C/C=C(C)\C=C(/C)c1cc(-c2ccccc2)ccc1-c1ccccc1-c1ccccn1. The van der Waals surface area contributed by atoms with Gasteiger partial charge in [-0.2, -0.15) is 0 Å². The number of rotatable bonds is 6. The van der Waals surface area contributed by atoms with Crippen LogP contribution in [0.15, 0.2) is 120 Å². The van der Waals surface area contributed by atoms with Gasteiger partial charge in [0.05, 0.1) is 5.69 Å². The maximum atomic E-state index is 4.62. The van der Waals surface area contributed by atoms with Gasteiger partial charge in [0, 0.05) is 25.0 Å². The Bertz CT molecular complexity index is 1310. The van der Waals surface area contributed by atoms with Gasteiger partial charge in [0.15, 0.2) is 0 Å². The zero-order chi connectivity index (χ0) is 23.0. The standard InChI is InChI=1S/C31H28N2/c1-23(18-20-32-3)21-24(2)30-22-26(25-11-5-4-6-12-25)16-17-28(30)27-13-7-8-14-29(27)31-15-9-10-19-33-31/h4-22H,1-3H3/b23-18-,24-21+,32-20?. The van der Waals surface area contributed by atoms with Gasteiger partial charge in [-0.15, -0.1) is 0 Å². The van der Waals surface area contributed by atoms with Crippen molar-refractivity contribution in [1.82, 2.24) is 4.98 Å². The lowest BCUT2D eigenvalue weighted by Gasteiger charge is -2.16. The van der Waals surface area contributed by atoms with E-state index < -0.39 is 0 Å². The Labute approximate surface area is 196 Å². The van der Waals surface area contributed by atoms with E-state index in [0.29, 0.717) is 0 Å². The van der Waals surface area contributed by atoms with E-state index in [1.165, 1.54) is 33.4 Å². The van der Waals surface area contributed by atoms with Gasteiger partial charge in [0.1, 0.15) is 0 Å². The second-order valence-corrected chi connectivity index (χ2v) is 8.03. The van der Waals surface area contributed by atoms with E-state index in [0.717, 1.165) is 16.8 Å². The van der Waals surface area contributed by atoms with Crippen LogP contribution in [-0.4, -0.2) is 18.2 Å². The molecule has 0 saturated heterocycles. The van der Waals surface area contributed by atoms with Crippen LogP contribution in [0, 0.1) is 0 Å². The number of pyridine rings is 1. The molecular formula is C31H28N2. The molecule has 0 aliphatic rings. The molecule has 0 aliphatic heterocycles. The van der Waals surface area contributed by atoms with Crippen molar-refractivity contribution in [2.45, 2.75) is 13.8 Å². The number of aliphatic imine (C=N–C) groups is 1. The maximum absolute atomic E-state index is 4.62. The molecule has 0 aliphatic carbocycles. The molecule has 0 N–H and O–H groups in total. The number of hydrogen-bond acceptors (Lipinski definition) is 2. The van der Waals surface area contributed by atoms with Crippen molar-refractivity contribution < 1.29 is 0 Å². The molecule has 1 aromatic heterocycles. The first kappa shape index (κ1) is 22.2. The summed E-state index contributed by atoms with van der Waals surface area (Å²) in [7, 11) is 1.79. The van der Waals surface area contributed by atoms with Crippen LogP contribution >= 0.6 is 0 Å². The highest BCUT2D eigenvalue weighted by atomic mass is 14.7. The fraction of sp³-hybridized carbons (Fsp3) is 0.0968. The molecule has 0 radical (unpaired) electrons. The van der Waals surface area contributed by atoms with E-state index in [-0.39, 0.29) is 0 Å². The number of nitrogens with zero attached hydrogens (tertiary/aromatic N) is 2. The molecule has 4 rings (SSSR count). The highest BCUT2D eigenvalue weighted by Crippen LogP contribution is 2.38. The molecule has 0 fully saturated rings. The van der Waals surface area contributed by atoms with Crippen LogP contribution in [0.3, 0.4) is 0 Å². The molecule has 0 spiro atoms. The number of allylic oxidation sites excluding steroid dienone is 4. The van der Waals surface area contributed by atoms with Gasteiger partial charge in [-0.3, -0.25) is 9.98 Å². The summed E-state index contributed by atoms with van der Waals surface area (Å²) in [5.74, 6) is 0. The molecule has 4 aromatic rings. The number of aromatic nitrogens is 1. The average Bonchev–Trinajstić information content (AvgIpc) is 2.88. The van der Waals surface area contributed by atoms with Gasteiger partial charge < -0.3 is 0 Å². The van der Waals surface area contributed by atoms with E-state index in [1.54, 1.807) is 7.05 Å². The summed E-state index contributed by atoms with van der Waals surface area (Å²) in [4.78, 5) is 8.70. The van der Waals surface area contributed by atoms with Crippen molar-refractivity contribution in [1.29, 1.82) is 0 Å². The van der Waals surface area contributed by atoms with Crippen molar-refractivity contribution in [2.24, 2.45) is 4.99 Å². The fourth-order valence-corrected chi connectivity index (χ4v) is 4.04. The smallest absolute Gasteiger partial charge is 0.0708 e. The van der Waals surface area contributed by atoms with Crippen molar-refractivity contribution >= 4 is 11.8 Å². The summed E-state index contributed by atoms with van der Waals surface area (Å²) >= 11 is 0. The van der Waals surface area contributed by atoms with Crippen molar-refractivity contribution in [3.05, 3.63) is 120 Å². The Hall–Kier alpha value is -4.04. The minimum absolute atomic E-state index is 0.975. The van der Waals surface area contributed by atoms with Crippen LogP contribution in [0.25, 0.3) is 39.1 Å². The molecule has 2 heteroatoms. The number of benzene rings is 3. The summed E-state index contributed by atoms with van der Waals surface area (Å²) in [5.41, 5.74) is 10.5. The van der Waals surface area contributed by atoms with Gasteiger partial charge in [-0.05, 0) is 77.1 Å². The van der Waals surface area contributed by atoms with E-state index in [9.17, 15) is 0 Å². The lowest BCUT2D eigenvalue weighted by atomic mass is 9.88. The van der Waals surface area contributed by atoms with Gasteiger partial charge in [0.2, 0.25) is 0 Å². The highest BCUT2D eigenvalue weighted by Gasteiger charge is 2.14. The monoisotopic (exact) mass is 428 g/mol. The molecule has 0 unspecified atom stereocenters. The summed E-state index contributed by atoms with van der Waals surface area (Å²) in [6, 6.07) is 31.8. The first-order valence-corrected chi connectivity index (χ1v) is 11.2. The van der Waals surface area contributed by atoms with Crippen LogP contribution in [0.1, 0.15) is 19.4 Å². The molecule has 33 heavy (non-hydrogen) atoms. The van der Waals surface area contributed by atoms with Crippen LogP contribution in [0.5, 0.6) is 0 Å². The predicted octanol–water partition coefficient (Wildman–Crippen LogP) is 8.13. The third-order valence-electron chi connectivity index (χ3n) is 5.64. The van der Waals surface area contributed by atoms with E-state index in [1.807, 2.05) is 30.6 Å². The Morgan fingerprint density at radius 3 is 2.18 bits per heavy atom. The first-order valence-electron chi connectivity index (χ1n) is 11.2. The Morgan fingerprint density at radius 2 is 1.45 bits per heavy atom. The van der Waals surface area contributed by atoms with Crippen LogP contribution in [0.4, 0.5) is 0 Å². The fourth-order valence-electron chi connectivity index (χ4n) is 4.04. The van der Waals surface area contributed by atoms with Gasteiger partial charge >= 0.3 is 0 Å². The normalized spacial score (nSPS) is 12.3. The Morgan fingerprint density at radius 1 is 0.727 bits per heavy atom. The topological polar surface area (TPSA) is 25.2 Å². The summed E-state index contributed by atoms with van der Waals surface area (Å²) < 4.78 is 0. The average molecular weight is 429 g/mol. The maximum Gasteiger partial charge on any atom is 0.0708 e. The second kappa shape index (κ2) is 10.5. The van der Waals surface area contributed by atoms with Crippen molar-refractivity contribution in [2.75, 3.05) is 7.05 Å². The lowest BCUT2D eigenvalue weighted by molar-refractivity contribution is 1.33. The first-order chi connectivity index (χ1) is 16.2. The van der Waals surface area contributed by atoms with Crippen molar-refractivity contribution in [3.63, 3.8) is 0 Å². The predicted molar refractivity (Wildman–Crippen MR) is 142 cm³/mol.